The van der Waals surface area contributed by atoms with Crippen LogP contribution in [0.1, 0.15) is 37.8 Å². The van der Waals surface area contributed by atoms with E-state index < -0.39 is 17.5 Å². The van der Waals surface area contributed by atoms with Crippen molar-refractivity contribution in [1.82, 2.24) is 10.2 Å². The Bertz CT molecular complexity index is 953. The lowest BCUT2D eigenvalue weighted by Crippen LogP contribution is -2.44. The molecule has 1 atom stereocenters. The minimum Gasteiger partial charge on any atom is -0.319 e. The van der Waals surface area contributed by atoms with Gasteiger partial charge in [0.05, 0.1) is 0 Å². The van der Waals surface area contributed by atoms with Gasteiger partial charge in [0.1, 0.15) is 12.1 Å². The van der Waals surface area contributed by atoms with E-state index in [2.05, 4.69) is 25.7 Å². The average Bonchev–Trinajstić information content (AvgIpc) is 2.96. The van der Waals surface area contributed by atoms with Gasteiger partial charge in [-0.25, -0.2) is 4.79 Å². The third-order valence-corrected chi connectivity index (χ3v) is 5.40. The lowest BCUT2D eigenvalue weighted by molar-refractivity contribution is -0.134. The number of hydrogen-bond donors (Lipinski definition) is 1. The van der Waals surface area contributed by atoms with E-state index in [0.717, 1.165) is 10.5 Å². The van der Waals surface area contributed by atoms with Crippen molar-refractivity contribution >= 4 is 23.5 Å². The monoisotopic (exact) mass is 405 g/mol. The van der Waals surface area contributed by atoms with Crippen LogP contribution in [0.2, 0.25) is 0 Å². The summed E-state index contributed by atoms with van der Waals surface area (Å²) in [5.74, 6) is -0.433. The molecule has 0 aromatic heterocycles. The SMILES string of the molecule is C=CCN(C(=O)CN1C(=O)N[C@](C)(c2ccc(C(C)C)cc2)C1=O)c1ccccc1. The van der Waals surface area contributed by atoms with Crippen molar-refractivity contribution < 1.29 is 14.4 Å². The van der Waals surface area contributed by atoms with E-state index in [4.69, 9.17) is 0 Å². The number of benzene rings is 2. The summed E-state index contributed by atoms with van der Waals surface area (Å²) in [6, 6.07) is 16.2. The Kier molecular flexibility index (Phi) is 6.06. The third-order valence-electron chi connectivity index (χ3n) is 5.40. The van der Waals surface area contributed by atoms with E-state index in [-0.39, 0.29) is 19.0 Å². The van der Waals surface area contributed by atoms with Gasteiger partial charge >= 0.3 is 6.03 Å². The Hall–Kier alpha value is -3.41. The molecule has 0 saturated carbocycles. The number of anilines is 1. The number of nitrogens with one attached hydrogen (secondary N) is 1. The van der Waals surface area contributed by atoms with Crippen LogP contribution in [0.15, 0.2) is 67.3 Å². The fraction of sp³-hybridized carbons (Fsp3) is 0.292. The predicted octanol–water partition coefficient (Wildman–Crippen LogP) is 3.80. The van der Waals surface area contributed by atoms with Crippen LogP contribution in [0.4, 0.5) is 10.5 Å². The normalized spacial score (nSPS) is 18.5. The van der Waals surface area contributed by atoms with Crippen molar-refractivity contribution in [2.45, 2.75) is 32.2 Å². The summed E-state index contributed by atoms with van der Waals surface area (Å²) < 4.78 is 0. The van der Waals surface area contributed by atoms with Gasteiger partial charge in [-0.3, -0.25) is 14.5 Å². The van der Waals surface area contributed by atoms with Crippen LogP contribution >= 0.6 is 0 Å². The molecule has 0 bridgehead atoms. The molecule has 6 heteroatoms. The van der Waals surface area contributed by atoms with Crippen LogP contribution in [0.5, 0.6) is 0 Å². The largest absolute Gasteiger partial charge is 0.325 e. The highest BCUT2D eigenvalue weighted by atomic mass is 16.2. The molecule has 3 rings (SSSR count). The summed E-state index contributed by atoms with van der Waals surface area (Å²) >= 11 is 0. The molecule has 2 aromatic carbocycles. The zero-order valence-corrected chi connectivity index (χ0v) is 17.6. The standard InChI is InChI=1S/C24H27N3O3/c1-5-15-26(20-9-7-6-8-10-20)21(28)16-27-22(29)24(4,25-23(27)30)19-13-11-18(12-14-19)17(2)3/h5-14,17H,1,15-16H2,2-4H3,(H,25,30)/t24-/m1/s1. The van der Waals surface area contributed by atoms with Crippen molar-refractivity contribution in [3.05, 3.63) is 78.4 Å². The van der Waals surface area contributed by atoms with Gasteiger partial charge in [0.15, 0.2) is 0 Å². The summed E-state index contributed by atoms with van der Waals surface area (Å²) in [4.78, 5) is 41.2. The van der Waals surface area contributed by atoms with Crippen molar-refractivity contribution in [3.8, 4) is 0 Å². The molecule has 0 aliphatic carbocycles. The van der Waals surface area contributed by atoms with Gasteiger partial charge in [0, 0.05) is 12.2 Å². The Balaban J connectivity index is 1.81. The topological polar surface area (TPSA) is 69.7 Å². The van der Waals surface area contributed by atoms with Crippen molar-refractivity contribution in [3.63, 3.8) is 0 Å². The smallest absolute Gasteiger partial charge is 0.319 e. The zero-order valence-electron chi connectivity index (χ0n) is 17.6. The Morgan fingerprint density at radius 3 is 2.33 bits per heavy atom. The van der Waals surface area contributed by atoms with Crippen LogP contribution in [-0.4, -0.2) is 35.8 Å². The summed E-state index contributed by atoms with van der Waals surface area (Å²) in [7, 11) is 0. The minimum absolute atomic E-state index is 0.278. The number of hydrogen-bond acceptors (Lipinski definition) is 3. The lowest BCUT2D eigenvalue weighted by atomic mass is 9.90. The van der Waals surface area contributed by atoms with Gasteiger partial charge in [0.25, 0.3) is 5.91 Å². The Morgan fingerprint density at radius 1 is 1.13 bits per heavy atom. The molecule has 4 amide bonds. The van der Waals surface area contributed by atoms with E-state index in [9.17, 15) is 14.4 Å². The van der Waals surface area contributed by atoms with Crippen LogP contribution in [0, 0.1) is 0 Å². The van der Waals surface area contributed by atoms with Gasteiger partial charge in [0.2, 0.25) is 5.91 Å². The molecule has 6 nitrogen and oxygen atoms in total. The summed E-state index contributed by atoms with van der Waals surface area (Å²) in [6.45, 7) is 9.49. The number of carbonyl (C=O) groups excluding carboxylic acids is 3. The quantitative estimate of drug-likeness (QED) is 0.563. The molecule has 1 heterocycles. The van der Waals surface area contributed by atoms with Crippen LogP contribution < -0.4 is 10.2 Å². The fourth-order valence-electron chi connectivity index (χ4n) is 3.55. The summed E-state index contributed by atoms with van der Waals surface area (Å²) in [6.07, 6.45) is 1.61. The fourth-order valence-corrected chi connectivity index (χ4v) is 3.55. The molecule has 0 unspecified atom stereocenters. The molecule has 0 spiro atoms. The van der Waals surface area contributed by atoms with Crippen LogP contribution in [0.3, 0.4) is 0 Å². The highest BCUT2D eigenvalue weighted by Gasteiger charge is 2.49. The molecule has 156 valence electrons. The first kappa shape index (κ1) is 21.3. The molecule has 2 aromatic rings. The molecule has 30 heavy (non-hydrogen) atoms. The molecule has 1 N–H and O–H groups in total. The number of urea groups is 1. The van der Waals surface area contributed by atoms with Gasteiger partial charge in [-0.05, 0) is 36.1 Å². The van der Waals surface area contributed by atoms with E-state index in [1.807, 2.05) is 42.5 Å². The number of para-hydroxylation sites is 1. The predicted molar refractivity (Wildman–Crippen MR) is 117 cm³/mol. The highest BCUT2D eigenvalue weighted by Crippen LogP contribution is 2.30. The maximum Gasteiger partial charge on any atom is 0.325 e. The van der Waals surface area contributed by atoms with Gasteiger partial charge in [-0.2, -0.15) is 0 Å². The number of imide groups is 1. The molecular weight excluding hydrogens is 378 g/mol. The first-order valence-corrected chi connectivity index (χ1v) is 9.98. The van der Waals surface area contributed by atoms with E-state index >= 15 is 0 Å². The first-order chi connectivity index (χ1) is 14.3. The Morgan fingerprint density at radius 2 is 1.77 bits per heavy atom. The second kappa shape index (κ2) is 8.53. The van der Waals surface area contributed by atoms with Crippen molar-refractivity contribution in [2.75, 3.05) is 18.0 Å². The maximum absolute atomic E-state index is 13.2. The van der Waals surface area contributed by atoms with Crippen molar-refractivity contribution in [2.24, 2.45) is 0 Å². The molecule has 1 saturated heterocycles. The molecule has 0 radical (unpaired) electrons. The summed E-state index contributed by atoms with van der Waals surface area (Å²) in [5.41, 5.74) is 1.31. The zero-order chi connectivity index (χ0) is 21.9. The number of rotatable bonds is 7. The van der Waals surface area contributed by atoms with Crippen LogP contribution in [0.25, 0.3) is 0 Å². The van der Waals surface area contributed by atoms with E-state index in [0.29, 0.717) is 17.2 Å². The Labute approximate surface area is 177 Å². The van der Waals surface area contributed by atoms with Gasteiger partial charge in [-0.1, -0.05) is 62.4 Å². The second-order valence-corrected chi connectivity index (χ2v) is 7.85. The lowest BCUT2D eigenvalue weighted by Gasteiger charge is -2.25. The molecule has 1 aliphatic rings. The van der Waals surface area contributed by atoms with Gasteiger partial charge < -0.3 is 10.2 Å². The maximum atomic E-state index is 13.2. The third kappa shape index (κ3) is 3.99. The average molecular weight is 405 g/mol. The minimum atomic E-state index is -1.21. The number of amides is 4. The second-order valence-electron chi connectivity index (χ2n) is 7.85. The van der Waals surface area contributed by atoms with E-state index in [1.165, 1.54) is 4.90 Å². The number of nitrogens with zero attached hydrogens (tertiary/aromatic N) is 2. The molecule has 1 aliphatic heterocycles. The first-order valence-electron chi connectivity index (χ1n) is 9.98. The van der Waals surface area contributed by atoms with Gasteiger partial charge in [-0.15, -0.1) is 6.58 Å². The number of carbonyl (C=O) groups is 3. The molecule has 1 fully saturated rings. The van der Waals surface area contributed by atoms with Crippen LogP contribution in [-0.2, 0) is 15.1 Å². The van der Waals surface area contributed by atoms with E-state index in [1.54, 1.807) is 25.1 Å². The van der Waals surface area contributed by atoms with Crippen molar-refractivity contribution in [1.29, 1.82) is 0 Å². The highest BCUT2D eigenvalue weighted by molar-refractivity contribution is 6.10. The molecular formula is C24H27N3O3. The summed E-state index contributed by atoms with van der Waals surface area (Å²) in [5, 5.41) is 2.76.